The topological polar surface area (TPSA) is 74.7 Å². The molecule has 1 N–H and O–H groups in total. The number of hydrogen-bond acceptors (Lipinski definition) is 5. The molecule has 1 fully saturated rings. The van der Waals surface area contributed by atoms with E-state index in [1.807, 2.05) is 20.8 Å². The fourth-order valence-corrected chi connectivity index (χ4v) is 7.25. The zero-order chi connectivity index (χ0) is 15.1. The first-order valence-corrected chi connectivity index (χ1v) is 9.50. The lowest BCUT2D eigenvalue weighted by molar-refractivity contribution is -0.140. The summed E-state index contributed by atoms with van der Waals surface area (Å²) >= 11 is 2.57. The molecule has 0 amide bonds. The van der Waals surface area contributed by atoms with Crippen molar-refractivity contribution >= 4 is 39.1 Å². The fraction of sp³-hybridized carbons (Fsp3) is 0.583. The molecule has 1 aromatic heterocycles. The van der Waals surface area contributed by atoms with Crippen molar-refractivity contribution in [1.82, 2.24) is 4.31 Å². The van der Waals surface area contributed by atoms with Gasteiger partial charge in [0.1, 0.15) is 10.3 Å². The van der Waals surface area contributed by atoms with Crippen molar-refractivity contribution in [3.63, 3.8) is 0 Å². The normalized spacial score (nSPS) is 24.4. The minimum atomic E-state index is -3.76. The Morgan fingerprint density at radius 1 is 1.45 bits per heavy atom. The van der Waals surface area contributed by atoms with E-state index in [1.165, 1.54) is 27.4 Å². The molecule has 1 aliphatic heterocycles. The summed E-state index contributed by atoms with van der Waals surface area (Å²) in [4.78, 5) is 12.2. The summed E-state index contributed by atoms with van der Waals surface area (Å²) in [6.45, 7) is 5.64. The summed E-state index contributed by atoms with van der Waals surface area (Å²) in [6, 6.07) is 2.30. The highest BCUT2D eigenvalue weighted by Crippen LogP contribution is 2.39. The molecule has 1 aromatic rings. The van der Waals surface area contributed by atoms with Crippen molar-refractivity contribution < 1.29 is 18.3 Å². The minimum Gasteiger partial charge on any atom is -0.480 e. The first kappa shape index (κ1) is 15.8. The molecule has 0 saturated carbocycles. The molecule has 1 aliphatic rings. The molecule has 8 heteroatoms. The van der Waals surface area contributed by atoms with Gasteiger partial charge in [0, 0.05) is 10.6 Å². The number of carboxylic acid groups (broad SMARTS) is 1. The van der Waals surface area contributed by atoms with Crippen molar-refractivity contribution in [1.29, 1.82) is 0 Å². The molecular weight excluding hydrogens is 318 g/mol. The molecule has 2 heterocycles. The Hall–Kier alpha value is -0.570. The average molecular weight is 335 g/mol. The van der Waals surface area contributed by atoms with Crippen molar-refractivity contribution in [3.05, 3.63) is 17.0 Å². The van der Waals surface area contributed by atoms with Crippen LogP contribution >= 0.6 is 23.1 Å². The Labute approximate surface area is 127 Å². The molecule has 0 spiro atoms. The van der Waals surface area contributed by atoms with Gasteiger partial charge in [-0.05, 0) is 25.0 Å². The maximum Gasteiger partial charge on any atom is 0.322 e. The molecular formula is C12H17NO4S3. The molecule has 0 radical (unpaired) electrons. The Kier molecular flexibility index (Phi) is 4.48. The van der Waals surface area contributed by atoms with Crippen LogP contribution in [0.1, 0.15) is 18.7 Å². The maximum absolute atomic E-state index is 12.7. The number of carboxylic acids is 1. The number of hydrogen-bond donors (Lipinski definition) is 1. The van der Waals surface area contributed by atoms with E-state index >= 15 is 0 Å². The van der Waals surface area contributed by atoms with Crippen LogP contribution < -0.4 is 0 Å². The van der Waals surface area contributed by atoms with Crippen LogP contribution in [-0.4, -0.2) is 41.0 Å². The van der Waals surface area contributed by atoms with Gasteiger partial charge >= 0.3 is 5.97 Å². The summed E-state index contributed by atoms with van der Waals surface area (Å²) in [7, 11) is -3.76. The van der Waals surface area contributed by atoms with E-state index in [2.05, 4.69) is 0 Å². The average Bonchev–Trinajstić information content (AvgIpc) is 2.94. The van der Waals surface area contributed by atoms with Crippen molar-refractivity contribution in [3.8, 4) is 0 Å². The third kappa shape index (κ3) is 2.74. The standard InChI is InChI=1S/C12H17NO4S3/c1-7(2)11-13(9(6-18-11)12(14)15)20(16,17)10-5-4-8(3)19-10/h4-5,7,9,11H,6H2,1-3H3,(H,14,15). The van der Waals surface area contributed by atoms with Gasteiger partial charge in [-0.2, -0.15) is 4.31 Å². The predicted octanol–water partition coefficient (Wildman–Crippen LogP) is 2.23. The van der Waals surface area contributed by atoms with Gasteiger partial charge in [-0.25, -0.2) is 8.42 Å². The summed E-state index contributed by atoms with van der Waals surface area (Å²) in [6.07, 6.45) is 0. The van der Waals surface area contributed by atoms with Gasteiger partial charge in [0.15, 0.2) is 0 Å². The Balaban J connectivity index is 2.46. The Bertz CT molecular complexity index is 608. The second-order valence-electron chi connectivity index (χ2n) is 5.02. The van der Waals surface area contributed by atoms with E-state index in [0.717, 1.165) is 4.88 Å². The lowest BCUT2D eigenvalue weighted by Gasteiger charge is -2.28. The van der Waals surface area contributed by atoms with Crippen molar-refractivity contribution in [2.45, 2.75) is 36.4 Å². The second-order valence-corrected chi connectivity index (χ2v) is 9.53. The maximum atomic E-state index is 12.7. The number of nitrogens with zero attached hydrogens (tertiary/aromatic N) is 1. The van der Waals surface area contributed by atoms with E-state index < -0.39 is 22.0 Å². The Morgan fingerprint density at radius 2 is 2.10 bits per heavy atom. The number of rotatable bonds is 4. The summed E-state index contributed by atoms with van der Waals surface area (Å²) in [5, 5.41) is 8.95. The van der Waals surface area contributed by atoms with Gasteiger partial charge in [-0.3, -0.25) is 4.79 Å². The smallest absolute Gasteiger partial charge is 0.322 e. The molecule has 1 saturated heterocycles. The fourth-order valence-electron chi connectivity index (χ4n) is 2.14. The zero-order valence-electron chi connectivity index (χ0n) is 11.4. The lowest BCUT2D eigenvalue weighted by Crippen LogP contribution is -2.46. The van der Waals surface area contributed by atoms with Crippen LogP contribution in [0, 0.1) is 12.8 Å². The number of aryl methyl sites for hydroxylation is 1. The Morgan fingerprint density at radius 3 is 2.55 bits per heavy atom. The molecule has 2 rings (SSSR count). The van der Waals surface area contributed by atoms with E-state index in [1.54, 1.807) is 12.1 Å². The first-order chi connectivity index (χ1) is 9.25. The zero-order valence-corrected chi connectivity index (χ0v) is 13.9. The molecule has 0 aliphatic carbocycles. The second kappa shape index (κ2) is 5.67. The molecule has 112 valence electrons. The van der Waals surface area contributed by atoms with Gasteiger partial charge in [0.2, 0.25) is 0 Å². The molecule has 2 atom stereocenters. The van der Waals surface area contributed by atoms with Crippen LogP contribution in [0.25, 0.3) is 0 Å². The number of carbonyl (C=O) groups is 1. The van der Waals surface area contributed by atoms with Crippen molar-refractivity contribution in [2.75, 3.05) is 5.75 Å². The highest BCUT2D eigenvalue weighted by atomic mass is 32.2. The van der Waals surface area contributed by atoms with E-state index in [9.17, 15) is 18.3 Å². The lowest BCUT2D eigenvalue weighted by atomic mass is 10.2. The largest absolute Gasteiger partial charge is 0.480 e. The van der Waals surface area contributed by atoms with Crippen LogP contribution in [0.15, 0.2) is 16.3 Å². The SMILES string of the molecule is Cc1ccc(S(=O)(=O)N2C(C(=O)O)CSC2C(C)C)s1. The summed E-state index contributed by atoms with van der Waals surface area (Å²) in [5.41, 5.74) is 0. The van der Waals surface area contributed by atoms with Gasteiger partial charge in [0.05, 0.1) is 5.37 Å². The molecule has 20 heavy (non-hydrogen) atoms. The summed E-state index contributed by atoms with van der Waals surface area (Å²) < 4.78 is 26.9. The van der Waals surface area contributed by atoms with E-state index in [4.69, 9.17) is 0 Å². The van der Waals surface area contributed by atoms with Crippen LogP contribution in [0.2, 0.25) is 0 Å². The third-order valence-corrected chi connectivity index (χ3v) is 8.20. The van der Waals surface area contributed by atoms with Gasteiger partial charge in [-0.1, -0.05) is 13.8 Å². The van der Waals surface area contributed by atoms with E-state index in [-0.39, 0.29) is 15.5 Å². The number of sulfonamides is 1. The molecule has 0 aromatic carbocycles. The van der Waals surface area contributed by atoms with Gasteiger partial charge < -0.3 is 5.11 Å². The van der Waals surface area contributed by atoms with E-state index in [0.29, 0.717) is 5.75 Å². The highest BCUT2D eigenvalue weighted by molar-refractivity contribution is 8.01. The quantitative estimate of drug-likeness (QED) is 0.913. The van der Waals surface area contributed by atoms with Gasteiger partial charge in [-0.15, -0.1) is 23.1 Å². The monoisotopic (exact) mass is 335 g/mol. The molecule has 2 unspecified atom stereocenters. The van der Waals surface area contributed by atoms with Crippen LogP contribution in [0.3, 0.4) is 0 Å². The highest BCUT2D eigenvalue weighted by Gasteiger charge is 2.47. The minimum absolute atomic E-state index is 0.0557. The number of thioether (sulfide) groups is 1. The predicted molar refractivity (Wildman–Crippen MR) is 80.6 cm³/mol. The molecule has 0 bridgehead atoms. The van der Waals surface area contributed by atoms with Crippen molar-refractivity contribution in [2.24, 2.45) is 5.92 Å². The van der Waals surface area contributed by atoms with Crippen LogP contribution in [0.4, 0.5) is 0 Å². The third-order valence-electron chi connectivity index (χ3n) is 3.09. The number of aliphatic carboxylic acids is 1. The summed E-state index contributed by atoms with van der Waals surface area (Å²) in [5.74, 6) is -0.736. The van der Waals surface area contributed by atoms with Gasteiger partial charge in [0.25, 0.3) is 10.0 Å². The van der Waals surface area contributed by atoms with Crippen LogP contribution in [-0.2, 0) is 14.8 Å². The van der Waals surface area contributed by atoms with Crippen LogP contribution in [0.5, 0.6) is 0 Å². The first-order valence-electron chi connectivity index (χ1n) is 6.19. The molecule has 5 nitrogen and oxygen atoms in total. The number of thiophene rings is 1.